The van der Waals surface area contributed by atoms with Gasteiger partial charge in [0.1, 0.15) is 5.54 Å². The van der Waals surface area contributed by atoms with Crippen LogP contribution in [0.1, 0.15) is 27.2 Å². The molecule has 0 aromatic rings. The molecule has 0 aromatic heterocycles. The summed E-state index contributed by atoms with van der Waals surface area (Å²) in [6, 6.07) is -0.562. The molecule has 1 unspecified atom stereocenters. The molecule has 1 fully saturated rings. The second-order valence-corrected chi connectivity index (χ2v) is 4.63. The summed E-state index contributed by atoms with van der Waals surface area (Å²) >= 11 is 0. The number of hydrogen-bond acceptors (Lipinski definition) is 5. The van der Waals surface area contributed by atoms with E-state index in [9.17, 15) is 19.5 Å². The van der Waals surface area contributed by atoms with E-state index in [0.29, 0.717) is 0 Å². The molecule has 2 N–H and O–H groups in total. The zero-order valence-electron chi connectivity index (χ0n) is 10.7. The highest BCUT2D eigenvalue weighted by Gasteiger charge is 2.44. The lowest BCUT2D eigenvalue weighted by molar-refractivity contribution is -0.146. The number of urea groups is 1. The lowest BCUT2D eigenvalue weighted by atomic mass is 10.1. The maximum absolute atomic E-state index is 11.8. The van der Waals surface area contributed by atoms with E-state index < -0.39 is 29.6 Å². The van der Waals surface area contributed by atoms with Gasteiger partial charge >= 0.3 is 12.0 Å². The Bertz CT molecular complexity index is 366. The third-order valence-electron chi connectivity index (χ3n) is 2.55. The molecule has 0 aliphatic carbocycles. The lowest BCUT2D eigenvalue weighted by Gasteiger charge is -2.18. The van der Waals surface area contributed by atoms with Crippen molar-refractivity contribution in [2.75, 3.05) is 13.2 Å². The Labute approximate surface area is 105 Å². The third kappa shape index (κ3) is 3.19. The van der Waals surface area contributed by atoms with Gasteiger partial charge in [-0.25, -0.2) is 4.79 Å². The molecule has 7 heteroatoms. The Hall–Kier alpha value is -1.63. The molecule has 1 atom stereocenters. The van der Waals surface area contributed by atoms with Gasteiger partial charge in [-0.3, -0.25) is 14.5 Å². The zero-order valence-corrected chi connectivity index (χ0v) is 10.7. The summed E-state index contributed by atoms with van der Waals surface area (Å²) in [7, 11) is 0. The average molecular weight is 258 g/mol. The van der Waals surface area contributed by atoms with Crippen molar-refractivity contribution in [3.63, 3.8) is 0 Å². The van der Waals surface area contributed by atoms with Crippen LogP contribution in [0.15, 0.2) is 0 Å². The number of rotatable bonds is 5. The molecular formula is C11H18N2O5. The second-order valence-electron chi connectivity index (χ2n) is 4.63. The van der Waals surface area contributed by atoms with E-state index in [2.05, 4.69) is 10.1 Å². The van der Waals surface area contributed by atoms with Crippen LogP contribution < -0.4 is 5.32 Å². The number of esters is 1. The van der Waals surface area contributed by atoms with Crippen molar-refractivity contribution in [2.24, 2.45) is 0 Å². The van der Waals surface area contributed by atoms with Crippen molar-refractivity contribution < 1.29 is 24.2 Å². The number of nitrogens with one attached hydrogen (secondary N) is 1. The van der Waals surface area contributed by atoms with Crippen LogP contribution in [0.2, 0.25) is 0 Å². The molecule has 1 aliphatic heterocycles. The van der Waals surface area contributed by atoms with Crippen LogP contribution in [-0.2, 0) is 14.3 Å². The molecule has 1 heterocycles. The minimum atomic E-state index is -1.12. The number of aliphatic hydroxyl groups is 1. The van der Waals surface area contributed by atoms with Gasteiger partial charge in [-0.2, -0.15) is 0 Å². The number of amides is 3. The first-order chi connectivity index (χ1) is 8.27. The van der Waals surface area contributed by atoms with Crippen LogP contribution in [0.5, 0.6) is 0 Å². The maximum atomic E-state index is 11.8. The van der Waals surface area contributed by atoms with E-state index in [1.54, 1.807) is 20.8 Å². The summed E-state index contributed by atoms with van der Waals surface area (Å²) in [6.45, 7) is 4.81. The predicted molar refractivity (Wildman–Crippen MR) is 61.6 cm³/mol. The summed E-state index contributed by atoms with van der Waals surface area (Å²) in [5, 5.41) is 12.1. The van der Waals surface area contributed by atoms with Crippen LogP contribution in [0.4, 0.5) is 4.79 Å². The highest BCUT2D eigenvalue weighted by Crippen LogP contribution is 2.17. The van der Waals surface area contributed by atoms with Gasteiger partial charge in [0.15, 0.2) is 0 Å². The smallest absolute Gasteiger partial charge is 0.325 e. The van der Waals surface area contributed by atoms with Crippen LogP contribution in [0, 0.1) is 0 Å². The Morgan fingerprint density at radius 3 is 2.56 bits per heavy atom. The number of carbonyl (C=O) groups is 3. The van der Waals surface area contributed by atoms with Gasteiger partial charge in [0.25, 0.3) is 5.91 Å². The molecular weight excluding hydrogens is 240 g/mol. The molecule has 0 saturated carbocycles. The predicted octanol–water partition coefficient (Wildman–Crippen LogP) is -0.369. The Kier molecular flexibility index (Phi) is 4.28. The molecule has 0 bridgehead atoms. The molecule has 1 aliphatic rings. The lowest BCUT2D eigenvalue weighted by Crippen LogP contribution is -2.42. The van der Waals surface area contributed by atoms with Gasteiger partial charge in [-0.1, -0.05) is 0 Å². The molecule has 0 spiro atoms. The first-order valence-corrected chi connectivity index (χ1v) is 5.75. The summed E-state index contributed by atoms with van der Waals surface area (Å²) < 4.78 is 4.67. The fourth-order valence-electron chi connectivity index (χ4n) is 1.67. The molecule has 0 aromatic carbocycles. The van der Waals surface area contributed by atoms with Crippen molar-refractivity contribution in [3.05, 3.63) is 0 Å². The Balaban J connectivity index is 2.55. The molecule has 0 radical (unpaired) electrons. The number of aliphatic hydroxyl groups excluding tert-OH is 1. The van der Waals surface area contributed by atoms with Crippen LogP contribution >= 0.6 is 0 Å². The Morgan fingerprint density at radius 2 is 2.11 bits per heavy atom. The van der Waals surface area contributed by atoms with E-state index in [-0.39, 0.29) is 19.6 Å². The standard InChI is InChI=1S/C11H18N2O5/c1-4-18-8(15)5-7(14)6-13-9(16)11(2,3)12-10(13)17/h7,14H,4-6H2,1-3H3,(H,12,17). The van der Waals surface area contributed by atoms with E-state index >= 15 is 0 Å². The Morgan fingerprint density at radius 1 is 1.50 bits per heavy atom. The molecule has 3 amide bonds. The van der Waals surface area contributed by atoms with Gasteiger partial charge < -0.3 is 15.2 Å². The summed E-state index contributed by atoms with van der Waals surface area (Å²) in [5.41, 5.74) is -0.971. The third-order valence-corrected chi connectivity index (χ3v) is 2.55. The number of nitrogens with zero attached hydrogens (tertiary/aromatic N) is 1. The molecule has 1 rings (SSSR count). The highest BCUT2D eigenvalue weighted by molar-refractivity contribution is 6.06. The summed E-state index contributed by atoms with van der Waals surface area (Å²) in [6.07, 6.45) is -1.36. The van der Waals surface area contributed by atoms with Crippen molar-refractivity contribution in [3.8, 4) is 0 Å². The quantitative estimate of drug-likeness (QED) is 0.518. The zero-order chi connectivity index (χ0) is 13.9. The molecule has 1 saturated heterocycles. The topological polar surface area (TPSA) is 95.9 Å². The minimum absolute atomic E-state index is 0.215. The molecule has 7 nitrogen and oxygen atoms in total. The van der Waals surface area contributed by atoms with Gasteiger partial charge in [0.05, 0.1) is 25.7 Å². The van der Waals surface area contributed by atoms with E-state index in [1.165, 1.54) is 0 Å². The van der Waals surface area contributed by atoms with Crippen LogP contribution in [0.25, 0.3) is 0 Å². The maximum Gasteiger partial charge on any atom is 0.325 e. The number of imide groups is 1. The normalized spacial score (nSPS) is 19.7. The largest absolute Gasteiger partial charge is 0.466 e. The highest BCUT2D eigenvalue weighted by atomic mass is 16.5. The number of ether oxygens (including phenoxy) is 1. The summed E-state index contributed by atoms with van der Waals surface area (Å²) in [4.78, 5) is 35.4. The number of carbonyl (C=O) groups excluding carboxylic acids is 3. The van der Waals surface area contributed by atoms with Crippen LogP contribution in [-0.4, -0.2) is 52.7 Å². The first kappa shape index (κ1) is 14.4. The fraction of sp³-hybridized carbons (Fsp3) is 0.727. The first-order valence-electron chi connectivity index (χ1n) is 5.75. The SMILES string of the molecule is CCOC(=O)CC(O)CN1C(=O)NC(C)(C)C1=O. The van der Waals surface area contributed by atoms with Crippen molar-refractivity contribution in [1.29, 1.82) is 0 Å². The van der Waals surface area contributed by atoms with Gasteiger partial charge in [0.2, 0.25) is 0 Å². The van der Waals surface area contributed by atoms with E-state index in [0.717, 1.165) is 4.90 Å². The number of β-amino-alcohol motifs (C(OH)–C–C–N with tert-alkyl or cyclic N) is 1. The summed E-state index contributed by atoms with van der Waals surface area (Å²) in [5.74, 6) is -0.980. The second kappa shape index (κ2) is 5.34. The monoisotopic (exact) mass is 258 g/mol. The molecule has 18 heavy (non-hydrogen) atoms. The average Bonchev–Trinajstić information content (AvgIpc) is 2.41. The number of hydrogen-bond donors (Lipinski definition) is 2. The van der Waals surface area contributed by atoms with Crippen molar-refractivity contribution in [1.82, 2.24) is 10.2 Å². The fourth-order valence-corrected chi connectivity index (χ4v) is 1.67. The van der Waals surface area contributed by atoms with Gasteiger partial charge in [-0.15, -0.1) is 0 Å². The van der Waals surface area contributed by atoms with Crippen molar-refractivity contribution in [2.45, 2.75) is 38.8 Å². The van der Waals surface area contributed by atoms with Crippen molar-refractivity contribution >= 4 is 17.9 Å². The van der Waals surface area contributed by atoms with Gasteiger partial charge in [-0.05, 0) is 20.8 Å². The van der Waals surface area contributed by atoms with E-state index in [1.807, 2.05) is 0 Å². The van der Waals surface area contributed by atoms with Gasteiger partial charge in [0, 0.05) is 0 Å². The molecule has 102 valence electrons. The van der Waals surface area contributed by atoms with E-state index in [4.69, 9.17) is 0 Å². The minimum Gasteiger partial charge on any atom is -0.466 e. The van der Waals surface area contributed by atoms with Crippen LogP contribution in [0.3, 0.4) is 0 Å².